The Morgan fingerprint density at radius 2 is 1.24 bits per heavy atom. The Labute approximate surface area is 333 Å². The van der Waals surface area contributed by atoms with Gasteiger partial charge in [-0.3, -0.25) is 0 Å². The number of ether oxygens (including phenoxy) is 2. The number of benzene rings is 4. The minimum absolute atomic E-state index is 0.395. The summed E-state index contributed by atoms with van der Waals surface area (Å²) < 4.78 is 12.7. The Morgan fingerprint density at radius 3 is 1.67 bits per heavy atom. The van der Waals surface area contributed by atoms with Crippen LogP contribution in [0.2, 0.25) is 0 Å². The molecule has 1 saturated heterocycles. The van der Waals surface area contributed by atoms with Crippen molar-refractivity contribution in [2.45, 2.75) is 92.1 Å². The molecule has 9 heteroatoms. The van der Waals surface area contributed by atoms with E-state index in [4.69, 9.17) is 19.2 Å². The second-order valence-corrected chi connectivity index (χ2v) is 16.8. The number of methoxy groups -OCH3 is 1. The molecular weight excluding hydrogens is 783 g/mol. The predicted molar refractivity (Wildman–Crippen MR) is 221 cm³/mol. The number of nitrogens with zero attached hydrogens (tertiary/aromatic N) is 3. The van der Waals surface area contributed by atoms with Gasteiger partial charge in [0.2, 0.25) is 0 Å². The molecule has 4 aromatic carbocycles. The third-order valence-electron chi connectivity index (χ3n) is 9.94. The van der Waals surface area contributed by atoms with Crippen molar-refractivity contribution >= 4 is 43.2 Å². The first kappa shape index (κ1) is 41.2. The van der Waals surface area contributed by atoms with Gasteiger partial charge in [-0.1, -0.05) is 91.8 Å². The summed E-state index contributed by atoms with van der Waals surface area (Å²) in [6.07, 6.45) is -0.754. The van der Waals surface area contributed by atoms with Gasteiger partial charge in [0.05, 0.1) is 0 Å². The Balaban J connectivity index is 0.000000210. The van der Waals surface area contributed by atoms with E-state index in [2.05, 4.69) is 108 Å². The molecule has 2 heterocycles. The first-order valence-corrected chi connectivity index (χ1v) is 22.0. The molecular formula is C45H54ClN3O4Ru-. The zero-order chi connectivity index (χ0) is 39.3. The number of imide groups is 1. The van der Waals surface area contributed by atoms with Gasteiger partial charge >= 0.3 is 157 Å². The Hall–Kier alpha value is -4.00. The summed E-state index contributed by atoms with van der Waals surface area (Å²) in [6.45, 7) is 24.5. The monoisotopic (exact) mass is 837 g/mol. The molecule has 2 amide bonds. The van der Waals surface area contributed by atoms with Crippen molar-refractivity contribution in [1.82, 2.24) is 0 Å². The standard InChI is InChI=1S/C27H39N2.C18H15NO4.ClH.Ru/c1-18(2)22-11-9-12-23(19(3)4)26(22)28-15-16-29(17-28)27-24(20(5)6)13-10-14-25(27)21(7)8;1-11-5-4-6-15-16(11)23-12(2)17(20)19(15)18(21)13-7-9-14(22-3)10-8-13;;/h9-14,17-21H,15-16H2,1-8H3;1,4-10,12H,2-3H3;1H;/q-1;;;+1/p-1. The van der Waals surface area contributed by atoms with E-state index in [1.165, 1.54) is 38.5 Å². The van der Waals surface area contributed by atoms with Gasteiger partial charge < -0.3 is 9.80 Å². The van der Waals surface area contributed by atoms with Gasteiger partial charge in [-0.25, -0.2) is 0 Å². The number of hydrogen-bond donors (Lipinski definition) is 0. The molecule has 1 fully saturated rings. The van der Waals surface area contributed by atoms with Crippen LogP contribution in [0.5, 0.6) is 11.5 Å². The normalized spacial score (nSPS) is 15.8. The van der Waals surface area contributed by atoms with Gasteiger partial charge in [-0.05, 0) is 45.9 Å². The van der Waals surface area contributed by atoms with Crippen LogP contribution in [0.15, 0.2) is 78.9 Å². The maximum absolute atomic E-state index is 13.0. The van der Waals surface area contributed by atoms with E-state index in [0.717, 1.165) is 18.7 Å². The van der Waals surface area contributed by atoms with Crippen LogP contribution in [0.25, 0.3) is 0 Å². The average molecular weight is 837 g/mol. The number of anilines is 3. The number of para-hydroxylation sites is 3. The van der Waals surface area contributed by atoms with E-state index < -0.39 is 33.6 Å². The second-order valence-electron chi connectivity index (χ2n) is 15.0. The molecule has 0 N–H and O–H groups in total. The molecule has 2 aliphatic rings. The van der Waals surface area contributed by atoms with Gasteiger partial charge in [0, 0.05) is 24.5 Å². The number of hydrogen-bond acceptors (Lipinski definition) is 6. The summed E-state index contributed by atoms with van der Waals surface area (Å²) in [5, 5.41) is 0. The van der Waals surface area contributed by atoms with Crippen molar-refractivity contribution in [3.63, 3.8) is 0 Å². The van der Waals surface area contributed by atoms with E-state index >= 15 is 0 Å². The van der Waals surface area contributed by atoms with Crippen LogP contribution in [0.4, 0.5) is 17.1 Å². The quantitative estimate of drug-likeness (QED) is 0.0951. The molecule has 0 radical (unpaired) electrons. The van der Waals surface area contributed by atoms with Crippen LogP contribution in [0, 0.1) is 6.67 Å². The van der Waals surface area contributed by atoms with Crippen LogP contribution in [-0.4, -0.2) is 42.7 Å². The summed E-state index contributed by atoms with van der Waals surface area (Å²) in [6, 6.07) is 25.7. The van der Waals surface area contributed by atoms with Gasteiger partial charge in [-0.2, -0.15) is 6.67 Å². The summed E-state index contributed by atoms with van der Waals surface area (Å²) in [7, 11) is 7.44. The van der Waals surface area contributed by atoms with Crippen molar-refractivity contribution in [1.29, 1.82) is 0 Å². The molecule has 7 nitrogen and oxygen atoms in total. The number of halogens is 1. The fourth-order valence-electron chi connectivity index (χ4n) is 7.09. The average Bonchev–Trinajstić information content (AvgIpc) is 3.65. The predicted octanol–water partition coefficient (Wildman–Crippen LogP) is 10.7. The minimum atomic E-state index is -0.754. The summed E-state index contributed by atoms with van der Waals surface area (Å²) in [4.78, 5) is 31.8. The maximum atomic E-state index is 13.0. The third-order valence-corrected chi connectivity index (χ3v) is 11.1. The fourth-order valence-corrected chi connectivity index (χ4v) is 8.18. The Morgan fingerprint density at radius 1 is 0.778 bits per heavy atom. The summed E-state index contributed by atoms with van der Waals surface area (Å²) in [5.74, 6) is 2.40. The Kier molecular flexibility index (Phi) is 13.8. The van der Waals surface area contributed by atoms with Gasteiger partial charge in [0.15, 0.2) is 0 Å². The molecule has 0 aromatic heterocycles. The van der Waals surface area contributed by atoms with Crippen molar-refractivity contribution in [2.75, 3.05) is 34.9 Å². The zero-order valence-electron chi connectivity index (χ0n) is 33.2. The molecule has 54 heavy (non-hydrogen) atoms. The van der Waals surface area contributed by atoms with Crippen molar-refractivity contribution in [2.24, 2.45) is 0 Å². The molecule has 4 aromatic rings. The van der Waals surface area contributed by atoms with E-state index in [1.807, 2.05) is 10.7 Å². The van der Waals surface area contributed by atoms with E-state index in [-0.39, 0.29) is 0 Å². The molecule has 1 unspecified atom stereocenters. The molecule has 289 valence electrons. The van der Waals surface area contributed by atoms with E-state index in [9.17, 15) is 9.59 Å². The van der Waals surface area contributed by atoms with Crippen molar-refractivity contribution in [3.05, 3.63) is 119 Å². The SMILES string of the molecule is CC(C)c1cccc(C(C)C)c1N1[CH-]N(c2c(C(C)C)cccc2C(C)C)CC1.COc1ccc(C(=O)N2C(=O)C(C)Oc3c([CH]=[Ru][Cl])cccc32)cc1. The number of carbonyl (C=O) groups is 2. The number of amides is 2. The fraction of sp³-hybridized carbons (Fsp3) is 0.378. The van der Waals surface area contributed by atoms with Gasteiger partial charge in [-0.15, -0.1) is 0 Å². The van der Waals surface area contributed by atoms with Crippen LogP contribution in [-0.2, 0) is 20.5 Å². The van der Waals surface area contributed by atoms with Crippen molar-refractivity contribution < 1.29 is 34.7 Å². The van der Waals surface area contributed by atoms with E-state index in [0.29, 0.717) is 46.4 Å². The van der Waals surface area contributed by atoms with Crippen LogP contribution in [0.3, 0.4) is 0 Å². The molecule has 0 saturated carbocycles. The molecule has 6 rings (SSSR count). The first-order valence-electron chi connectivity index (χ1n) is 18.8. The molecule has 0 spiro atoms. The number of fused-ring (bicyclic) bond motifs is 1. The van der Waals surface area contributed by atoms with Gasteiger partial charge in [0.25, 0.3) is 0 Å². The topological polar surface area (TPSA) is 62.3 Å². The van der Waals surface area contributed by atoms with Crippen LogP contribution in [0.1, 0.15) is 124 Å². The summed E-state index contributed by atoms with van der Waals surface area (Å²) in [5.41, 5.74) is 10.3. The summed E-state index contributed by atoms with van der Waals surface area (Å²) >= 11 is -0.461. The molecule has 0 aliphatic carbocycles. The van der Waals surface area contributed by atoms with Crippen LogP contribution >= 0.6 is 9.69 Å². The number of carbonyl (C=O) groups excluding carboxylic acids is 2. The molecule has 2 aliphatic heterocycles. The molecule has 0 bridgehead atoms. The first-order chi connectivity index (χ1) is 25.8. The van der Waals surface area contributed by atoms with Gasteiger partial charge in [0.1, 0.15) is 0 Å². The number of rotatable bonds is 9. The van der Waals surface area contributed by atoms with Crippen LogP contribution < -0.4 is 24.2 Å². The third kappa shape index (κ3) is 8.76. The zero-order valence-corrected chi connectivity index (χ0v) is 35.7. The Bertz CT molecular complexity index is 1850. The van der Waals surface area contributed by atoms with E-state index in [1.54, 1.807) is 50.4 Å². The molecule has 1 atom stereocenters. The van der Waals surface area contributed by atoms with Crippen molar-refractivity contribution in [3.8, 4) is 11.5 Å². The second kappa shape index (κ2) is 18.1.